The molecule has 5 nitrogen and oxygen atoms in total. The molecule has 0 N–H and O–H groups in total. The molecule has 0 bridgehead atoms. The normalized spacial score (nSPS) is 12.7. The van der Waals surface area contributed by atoms with Gasteiger partial charge in [-0.05, 0) is 12.1 Å². The number of amides is 1. The molecule has 1 aliphatic rings. The highest BCUT2D eigenvalue weighted by Gasteiger charge is 2.11. The molecule has 0 unspecified atom stereocenters. The number of para-hydroxylation sites is 1. The molecule has 1 aliphatic heterocycles. The summed E-state index contributed by atoms with van der Waals surface area (Å²) < 4.78 is 4.33. The minimum atomic E-state index is -0.686. The molecule has 0 spiro atoms. The molecule has 0 radical (unpaired) electrons. The van der Waals surface area contributed by atoms with Crippen LogP contribution in [-0.2, 0) is 9.59 Å². The number of rotatable bonds is 0. The van der Waals surface area contributed by atoms with Crippen molar-refractivity contribution < 1.29 is 14.1 Å². The molecule has 1 amide bonds. The van der Waals surface area contributed by atoms with Crippen LogP contribution >= 0.6 is 0 Å². The van der Waals surface area contributed by atoms with E-state index in [-0.39, 0.29) is 0 Å². The molecule has 0 saturated carbocycles. The molecule has 0 atom stereocenters. The fraction of sp³-hybridized carbons (Fsp3) is 0. The molecule has 3 rings (SSSR count). The second kappa shape index (κ2) is 4.98. The number of ketones is 1. The average Bonchev–Trinajstić information content (AvgIpc) is 2.89. The number of carbonyl (C=O) groups is 2. The third-order valence-corrected chi connectivity index (χ3v) is 2.00. The maximum Gasteiger partial charge on any atom is 0.317 e. The predicted octanol–water partition coefficient (Wildman–Crippen LogP) is -0.129. The topological polar surface area (TPSA) is 72.5 Å². The van der Waals surface area contributed by atoms with Crippen LogP contribution in [0.4, 0.5) is 0 Å². The van der Waals surface area contributed by atoms with E-state index < -0.39 is 11.7 Å². The minimum Gasteiger partial charge on any atom is -0.365 e. The van der Waals surface area contributed by atoms with Gasteiger partial charge in [-0.25, -0.2) is 4.99 Å². The molecule has 0 saturated heterocycles. The molecule has 1 aromatic carbocycles. The van der Waals surface area contributed by atoms with Crippen LogP contribution in [0.1, 0.15) is 0 Å². The first-order chi connectivity index (χ1) is 8.27. The predicted molar refractivity (Wildman–Crippen MR) is 58.2 cm³/mol. The summed E-state index contributed by atoms with van der Waals surface area (Å²) in [5.74, 6) is -1.23. The first-order valence-corrected chi connectivity index (χ1v) is 4.85. The highest BCUT2D eigenvalue weighted by molar-refractivity contribution is 6.48. The summed E-state index contributed by atoms with van der Waals surface area (Å²) in [6.07, 6.45) is 4.41. The zero-order valence-corrected chi connectivity index (χ0v) is 8.74. The van der Waals surface area contributed by atoms with Crippen molar-refractivity contribution in [2.24, 2.45) is 4.99 Å². The highest BCUT2D eigenvalue weighted by Crippen LogP contribution is 1.84. The van der Waals surface area contributed by atoms with Crippen molar-refractivity contribution in [3.05, 3.63) is 53.4 Å². The lowest BCUT2D eigenvalue weighted by Gasteiger charge is -1.95. The lowest BCUT2D eigenvalue weighted by Crippen LogP contribution is -2.33. The summed E-state index contributed by atoms with van der Waals surface area (Å²) in [7, 11) is 0. The monoisotopic (exact) mass is 228 g/mol. The zero-order valence-electron chi connectivity index (χ0n) is 8.74. The maximum atomic E-state index is 10.9. The first-order valence-electron chi connectivity index (χ1n) is 4.85. The van der Waals surface area contributed by atoms with E-state index in [9.17, 15) is 9.59 Å². The molecule has 1 aromatic heterocycles. The second-order valence-corrected chi connectivity index (χ2v) is 3.17. The summed E-state index contributed by atoms with van der Waals surface area (Å²) in [5.41, 5.74) is 0. The molecule has 84 valence electrons. The SMILES string of the molecule is O=C1C=c2ccccc2=NC1=O.c1cnoc1. The Labute approximate surface area is 96.1 Å². The molecule has 2 aromatic rings. The summed E-state index contributed by atoms with van der Waals surface area (Å²) in [6, 6.07) is 8.76. The van der Waals surface area contributed by atoms with Gasteiger partial charge in [-0.1, -0.05) is 23.4 Å². The Morgan fingerprint density at radius 3 is 2.53 bits per heavy atom. The number of hydrogen-bond donors (Lipinski definition) is 0. The van der Waals surface area contributed by atoms with E-state index in [2.05, 4.69) is 14.7 Å². The van der Waals surface area contributed by atoms with Crippen molar-refractivity contribution in [3.8, 4) is 0 Å². The summed E-state index contributed by atoms with van der Waals surface area (Å²) >= 11 is 0. The number of fused-ring (bicyclic) bond motifs is 1. The van der Waals surface area contributed by atoms with Gasteiger partial charge in [0.25, 0.3) is 0 Å². The van der Waals surface area contributed by atoms with Crippen molar-refractivity contribution in [3.63, 3.8) is 0 Å². The molecular formula is C12H8N2O3. The van der Waals surface area contributed by atoms with Crippen LogP contribution in [0, 0.1) is 0 Å². The van der Waals surface area contributed by atoms with Gasteiger partial charge >= 0.3 is 5.91 Å². The van der Waals surface area contributed by atoms with Gasteiger partial charge in [-0.15, -0.1) is 0 Å². The minimum absolute atomic E-state index is 0.547. The highest BCUT2D eigenvalue weighted by atomic mass is 16.5. The van der Waals surface area contributed by atoms with Crippen molar-refractivity contribution in [1.29, 1.82) is 0 Å². The lowest BCUT2D eigenvalue weighted by atomic mass is 10.2. The van der Waals surface area contributed by atoms with Gasteiger partial charge in [0.2, 0.25) is 5.78 Å². The van der Waals surface area contributed by atoms with Gasteiger partial charge in [-0.2, -0.15) is 0 Å². The molecule has 17 heavy (non-hydrogen) atoms. The van der Waals surface area contributed by atoms with Gasteiger partial charge < -0.3 is 4.52 Å². The Balaban J connectivity index is 0.000000181. The maximum absolute atomic E-state index is 10.9. The van der Waals surface area contributed by atoms with E-state index >= 15 is 0 Å². The summed E-state index contributed by atoms with van der Waals surface area (Å²) in [5, 5.41) is 4.63. The fourth-order valence-electron chi connectivity index (χ4n) is 1.25. The Hall–Kier alpha value is -2.56. The third-order valence-electron chi connectivity index (χ3n) is 2.00. The fourth-order valence-corrected chi connectivity index (χ4v) is 1.25. The number of nitrogens with zero attached hydrogens (tertiary/aromatic N) is 2. The van der Waals surface area contributed by atoms with Crippen molar-refractivity contribution in [1.82, 2.24) is 5.16 Å². The number of Topliss-reactive ketones (excluding diaryl/α,β-unsaturated/α-hetero) is 1. The van der Waals surface area contributed by atoms with E-state index in [1.165, 1.54) is 12.3 Å². The Morgan fingerprint density at radius 1 is 1.06 bits per heavy atom. The van der Waals surface area contributed by atoms with Crippen molar-refractivity contribution >= 4 is 17.8 Å². The Morgan fingerprint density at radius 2 is 1.88 bits per heavy atom. The van der Waals surface area contributed by atoms with Crippen molar-refractivity contribution in [2.75, 3.05) is 0 Å². The Bertz CT molecular complexity index is 582. The standard InChI is InChI=1S/C9H5NO2.C3H3NO/c11-8-5-6-3-1-2-4-7(6)10-9(8)12;1-2-4-5-3-1/h1-5H;1-3H. The van der Waals surface area contributed by atoms with E-state index in [0.29, 0.717) is 10.6 Å². The van der Waals surface area contributed by atoms with Crippen LogP contribution in [0.5, 0.6) is 0 Å². The number of aromatic nitrogens is 1. The second-order valence-electron chi connectivity index (χ2n) is 3.17. The van der Waals surface area contributed by atoms with Gasteiger partial charge in [0, 0.05) is 11.3 Å². The van der Waals surface area contributed by atoms with E-state index in [1.807, 2.05) is 0 Å². The molecule has 2 heterocycles. The number of carbonyl (C=O) groups excluding carboxylic acids is 2. The van der Waals surface area contributed by atoms with E-state index in [4.69, 9.17) is 0 Å². The number of hydrogen-bond acceptors (Lipinski definition) is 4. The van der Waals surface area contributed by atoms with Crippen LogP contribution in [-0.4, -0.2) is 16.8 Å². The van der Waals surface area contributed by atoms with Crippen LogP contribution in [0.3, 0.4) is 0 Å². The van der Waals surface area contributed by atoms with Gasteiger partial charge in [0.15, 0.2) is 0 Å². The van der Waals surface area contributed by atoms with Crippen molar-refractivity contribution in [2.45, 2.75) is 0 Å². The van der Waals surface area contributed by atoms with E-state index in [0.717, 1.165) is 0 Å². The average molecular weight is 228 g/mol. The van der Waals surface area contributed by atoms with Gasteiger partial charge in [0.1, 0.15) is 6.26 Å². The Kier molecular flexibility index (Phi) is 3.20. The van der Waals surface area contributed by atoms with Crippen LogP contribution in [0.2, 0.25) is 0 Å². The lowest BCUT2D eigenvalue weighted by molar-refractivity contribution is -0.132. The van der Waals surface area contributed by atoms with E-state index in [1.54, 1.807) is 36.5 Å². The quantitative estimate of drug-likeness (QED) is 0.589. The van der Waals surface area contributed by atoms with Crippen LogP contribution in [0.25, 0.3) is 6.08 Å². The van der Waals surface area contributed by atoms with Crippen LogP contribution < -0.4 is 10.6 Å². The third kappa shape index (κ3) is 2.72. The zero-order chi connectivity index (χ0) is 12.1. The smallest absolute Gasteiger partial charge is 0.317 e. The molecule has 0 aliphatic carbocycles. The number of benzene rings is 1. The first kappa shape index (κ1) is 10.9. The van der Waals surface area contributed by atoms with Gasteiger partial charge in [-0.3, -0.25) is 9.59 Å². The summed E-state index contributed by atoms with van der Waals surface area (Å²) in [4.78, 5) is 25.3. The summed E-state index contributed by atoms with van der Waals surface area (Å²) in [6.45, 7) is 0. The molecule has 0 fully saturated rings. The molecular weight excluding hydrogens is 220 g/mol. The van der Waals surface area contributed by atoms with Gasteiger partial charge in [0.05, 0.1) is 11.6 Å². The van der Waals surface area contributed by atoms with Crippen LogP contribution in [0.15, 0.2) is 52.3 Å². The largest absolute Gasteiger partial charge is 0.365 e. The molecule has 5 heteroatoms.